The minimum absolute atomic E-state index is 0.114. The van der Waals surface area contributed by atoms with Gasteiger partial charge in [0.1, 0.15) is 5.75 Å². The first-order valence-electron chi connectivity index (χ1n) is 4.08. The highest BCUT2D eigenvalue weighted by molar-refractivity contribution is 6.32. The van der Waals surface area contributed by atoms with Crippen LogP contribution in [0.5, 0.6) is 5.75 Å². The first-order chi connectivity index (χ1) is 6.65. The lowest BCUT2D eigenvalue weighted by Gasteiger charge is -2.07. The number of halogens is 1. The normalized spacial score (nSPS) is 9.86. The Labute approximate surface area is 86.6 Å². The van der Waals surface area contributed by atoms with Crippen LogP contribution in [-0.4, -0.2) is 18.6 Å². The lowest BCUT2D eigenvalue weighted by atomic mass is 10.1. The highest BCUT2D eigenvalue weighted by Gasteiger charge is 2.09. The van der Waals surface area contributed by atoms with Crippen molar-refractivity contribution in [3.05, 3.63) is 38.9 Å². The molecule has 5 heteroatoms. The summed E-state index contributed by atoms with van der Waals surface area (Å²) in [6.07, 6.45) is 0.330. The number of methoxy groups -OCH3 is 1. The van der Waals surface area contributed by atoms with Crippen LogP contribution in [0.15, 0.2) is 18.2 Å². The SMILES string of the molecule is COc1c(Cl)cccc1CC[N+](=O)[O-]. The third-order valence-electron chi connectivity index (χ3n) is 1.82. The van der Waals surface area contributed by atoms with E-state index in [9.17, 15) is 10.1 Å². The standard InChI is InChI=1S/C9H10ClNO3/c1-14-9-7(5-6-11(12)13)3-2-4-8(9)10/h2-4H,5-6H2,1H3. The molecule has 0 aliphatic rings. The van der Waals surface area contributed by atoms with E-state index in [-0.39, 0.29) is 11.5 Å². The largest absolute Gasteiger partial charge is 0.495 e. The first kappa shape index (κ1) is 10.8. The van der Waals surface area contributed by atoms with Crippen molar-refractivity contribution in [3.8, 4) is 5.75 Å². The van der Waals surface area contributed by atoms with Gasteiger partial charge in [-0.25, -0.2) is 0 Å². The summed E-state index contributed by atoms with van der Waals surface area (Å²) in [7, 11) is 1.50. The fraction of sp³-hybridized carbons (Fsp3) is 0.333. The number of benzene rings is 1. The fourth-order valence-corrected chi connectivity index (χ4v) is 1.46. The van der Waals surface area contributed by atoms with Gasteiger partial charge in [0, 0.05) is 16.9 Å². The zero-order chi connectivity index (χ0) is 10.6. The molecule has 0 atom stereocenters. The Bertz CT molecular complexity index is 341. The Balaban J connectivity index is 2.85. The Hall–Kier alpha value is -1.29. The van der Waals surface area contributed by atoms with Crippen LogP contribution in [0.1, 0.15) is 5.56 Å². The van der Waals surface area contributed by atoms with Gasteiger partial charge in [0.2, 0.25) is 6.54 Å². The maximum absolute atomic E-state index is 10.2. The molecule has 0 unspecified atom stereocenters. The Kier molecular flexibility index (Phi) is 3.71. The predicted octanol–water partition coefficient (Wildman–Crippen LogP) is 2.17. The number of rotatable bonds is 4. The van der Waals surface area contributed by atoms with Crippen LogP contribution in [0.2, 0.25) is 5.02 Å². The molecule has 1 rings (SSSR count). The minimum atomic E-state index is -0.361. The average molecular weight is 216 g/mol. The number of ether oxygens (including phenoxy) is 1. The molecule has 0 saturated heterocycles. The van der Waals surface area contributed by atoms with Gasteiger partial charge in [0.25, 0.3) is 0 Å². The zero-order valence-electron chi connectivity index (χ0n) is 7.70. The molecule has 4 nitrogen and oxygen atoms in total. The maximum Gasteiger partial charge on any atom is 0.208 e. The average Bonchev–Trinajstić information content (AvgIpc) is 2.14. The molecule has 0 bridgehead atoms. The topological polar surface area (TPSA) is 52.4 Å². The summed E-state index contributed by atoms with van der Waals surface area (Å²) in [5.74, 6) is 0.524. The van der Waals surface area contributed by atoms with Gasteiger partial charge in [0.15, 0.2) is 0 Å². The van der Waals surface area contributed by atoms with Crippen molar-refractivity contribution in [3.63, 3.8) is 0 Å². The molecule has 0 aliphatic carbocycles. The second-order valence-corrected chi connectivity index (χ2v) is 3.15. The first-order valence-corrected chi connectivity index (χ1v) is 4.46. The van der Waals surface area contributed by atoms with E-state index in [2.05, 4.69) is 0 Å². The third kappa shape index (κ3) is 2.60. The van der Waals surface area contributed by atoms with Crippen molar-refractivity contribution in [2.75, 3.05) is 13.7 Å². The van der Waals surface area contributed by atoms with Crippen molar-refractivity contribution >= 4 is 11.6 Å². The molecule has 0 aromatic heterocycles. The maximum atomic E-state index is 10.2. The molecule has 0 saturated carbocycles. The van der Waals surface area contributed by atoms with Crippen LogP contribution < -0.4 is 4.74 Å². The van der Waals surface area contributed by atoms with Crippen LogP contribution in [-0.2, 0) is 6.42 Å². The molecule has 0 N–H and O–H groups in total. The highest BCUT2D eigenvalue weighted by Crippen LogP contribution is 2.28. The van der Waals surface area contributed by atoms with Gasteiger partial charge in [-0.2, -0.15) is 0 Å². The second kappa shape index (κ2) is 4.81. The molecule has 0 amide bonds. The van der Waals surface area contributed by atoms with E-state index >= 15 is 0 Å². The quantitative estimate of drug-likeness (QED) is 0.571. The zero-order valence-corrected chi connectivity index (χ0v) is 8.45. The summed E-state index contributed by atoms with van der Waals surface area (Å²) >= 11 is 5.85. The molecule has 76 valence electrons. The van der Waals surface area contributed by atoms with Gasteiger partial charge in [-0.3, -0.25) is 10.1 Å². The Morgan fingerprint density at radius 2 is 2.29 bits per heavy atom. The van der Waals surface area contributed by atoms with Gasteiger partial charge in [-0.1, -0.05) is 23.7 Å². The molecular weight excluding hydrogens is 206 g/mol. The van der Waals surface area contributed by atoms with E-state index in [0.29, 0.717) is 17.2 Å². The van der Waals surface area contributed by atoms with Crippen molar-refractivity contribution in [2.45, 2.75) is 6.42 Å². The minimum Gasteiger partial charge on any atom is -0.495 e. The van der Waals surface area contributed by atoms with E-state index in [1.807, 2.05) is 0 Å². The van der Waals surface area contributed by atoms with Crippen molar-refractivity contribution in [1.82, 2.24) is 0 Å². The fourth-order valence-electron chi connectivity index (χ4n) is 1.19. The number of hydrogen-bond acceptors (Lipinski definition) is 3. The molecule has 1 aromatic rings. The van der Waals surface area contributed by atoms with Gasteiger partial charge in [-0.15, -0.1) is 0 Å². The summed E-state index contributed by atoms with van der Waals surface area (Å²) in [6.45, 7) is -0.114. The van der Waals surface area contributed by atoms with E-state index in [4.69, 9.17) is 16.3 Å². The second-order valence-electron chi connectivity index (χ2n) is 2.74. The van der Waals surface area contributed by atoms with E-state index in [1.54, 1.807) is 18.2 Å². The lowest BCUT2D eigenvalue weighted by Crippen LogP contribution is -2.05. The third-order valence-corrected chi connectivity index (χ3v) is 2.11. The number of nitrogens with zero attached hydrogens (tertiary/aromatic N) is 1. The smallest absolute Gasteiger partial charge is 0.208 e. The van der Waals surface area contributed by atoms with E-state index in [1.165, 1.54) is 7.11 Å². The molecular formula is C9H10ClNO3. The van der Waals surface area contributed by atoms with E-state index in [0.717, 1.165) is 5.56 Å². The molecule has 0 fully saturated rings. The summed E-state index contributed by atoms with van der Waals surface area (Å²) in [5, 5.41) is 10.7. The molecule has 0 heterocycles. The van der Waals surface area contributed by atoms with Crippen molar-refractivity contribution in [2.24, 2.45) is 0 Å². The van der Waals surface area contributed by atoms with Crippen LogP contribution in [0.25, 0.3) is 0 Å². The van der Waals surface area contributed by atoms with Crippen molar-refractivity contribution in [1.29, 1.82) is 0 Å². The van der Waals surface area contributed by atoms with Crippen LogP contribution in [0, 0.1) is 10.1 Å². The predicted molar refractivity (Wildman–Crippen MR) is 53.6 cm³/mol. The summed E-state index contributed by atoms with van der Waals surface area (Å²) in [5.41, 5.74) is 0.761. The van der Waals surface area contributed by atoms with Crippen LogP contribution in [0.4, 0.5) is 0 Å². The van der Waals surface area contributed by atoms with Gasteiger partial charge < -0.3 is 4.74 Å². The van der Waals surface area contributed by atoms with Crippen LogP contribution in [0.3, 0.4) is 0 Å². The number of hydrogen-bond donors (Lipinski definition) is 0. The summed E-state index contributed by atoms with van der Waals surface area (Å²) in [4.78, 5) is 9.83. The summed E-state index contributed by atoms with van der Waals surface area (Å²) in [6, 6.07) is 5.21. The van der Waals surface area contributed by atoms with Crippen LogP contribution >= 0.6 is 11.6 Å². The number of nitro groups is 1. The highest BCUT2D eigenvalue weighted by atomic mass is 35.5. The monoisotopic (exact) mass is 215 g/mol. The molecule has 0 radical (unpaired) electrons. The molecule has 14 heavy (non-hydrogen) atoms. The van der Waals surface area contributed by atoms with E-state index < -0.39 is 0 Å². The van der Waals surface area contributed by atoms with Gasteiger partial charge in [0.05, 0.1) is 12.1 Å². The molecule has 1 aromatic carbocycles. The Morgan fingerprint density at radius 3 is 2.86 bits per heavy atom. The van der Waals surface area contributed by atoms with Gasteiger partial charge in [-0.05, 0) is 6.07 Å². The molecule has 0 spiro atoms. The summed E-state index contributed by atoms with van der Waals surface area (Å²) < 4.78 is 5.05. The lowest BCUT2D eigenvalue weighted by molar-refractivity contribution is -0.479. The molecule has 0 aliphatic heterocycles. The Morgan fingerprint density at radius 1 is 1.57 bits per heavy atom. The van der Waals surface area contributed by atoms with Crippen molar-refractivity contribution < 1.29 is 9.66 Å². The number of para-hydroxylation sites is 1. The van der Waals surface area contributed by atoms with Gasteiger partial charge >= 0.3 is 0 Å².